The van der Waals surface area contributed by atoms with Gasteiger partial charge in [-0.2, -0.15) is 4.90 Å². The molecular weight excluding hydrogens is 520 g/mol. The van der Waals surface area contributed by atoms with Crippen LogP contribution in [0.5, 0.6) is 5.75 Å². The summed E-state index contributed by atoms with van der Waals surface area (Å²) in [4.78, 5) is 38.0. The standard InChI is InChI=1S/C23H26Cl2FN3O7/c1-11(16-12(24)8-9-13(26)17(16)25)34-15-10-14(19(30)31)27-28-18(15)29(20(32)35-22(2,3)4)21(33)36-23(5,6)7/h8-11H,1-7H3,(H,30,31)/t11-/m1/s1. The number of benzene rings is 1. The van der Waals surface area contributed by atoms with Crippen LogP contribution in [0.1, 0.15) is 70.6 Å². The molecule has 2 aromatic rings. The number of carboxylic acids is 1. The summed E-state index contributed by atoms with van der Waals surface area (Å²) in [6.45, 7) is 10.9. The maximum absolute atomic E-state index is 14.1. The van der Waals surface area contributed by atoms with Gasteiger partial charge in [-0.15, -0.1) is 10.2 Å². The zero-order valence-corrected chi connectivity index (χ0v) is 22.2. The summed E-state index contributed by atoms with van der Waals surface area (Å²) >= 11 is 12.3. The van der Waals surface area contributed by atoms with E-state index in [0.717, 1.165) is 12.1 Å². The number of carboxylic acid groups (broad SMARTS) is 1. The largest absolute Gasteiger partial charge is 0.482 e. The third-order valence-corrected chi connectivity index (χ3v) is 4.83. The number of carbonyl (C=O) groups excluding carboxylic acids is 2. The van der Waals surface area contributed by atoms with Gasteiger partial charge in [0.25, 0.3) is 0 Å². The summed E-state index contributed by atoms with van der Waals surface area (Å²) in [6, 6.07) is 3.26. The monoisotopic (exact) mass is 545 g/mol. The van der Waals surface area contributed by atoms with E-state index < -0.39 is 52.8 Å². The molecule has 2 amide bonds. The van der Waals surface area contributed by atoms with Crippen molar-refractivity contribution in [1.29, 1.82) is 0 Å². The van der Waals surface area contributed by atoms with E-state index >= 15 is 0 Å². The van der Waals surface area contributed by atoms with Crippen LogP contribution in [-0.4, -0.2) is 44.7 Å². The number of imide groups is 1. The lowest BCUT2D eigenvalue weighted by Gasteiger charge is -2.29. The van der Waals surface area contributed by atoms with Gasteiger partial charge in [-0.3, -0.25) is 0 Å². The Balaban J connectivity index is 2.67. The zero-order chi connectivity index (χ0) is 27.6. The Morgan fingerprint density at radius 1 is 1.00 bits per heavy atom. The Bertz CT molecular complexity index is 1150. The van der Waals surface area contributed by atoms with Crippen LogP contribution >= 0.6 is 23.2 Å². The Hall–Kier alpha value is -3.18. The number of halogens is 3. The molecule has 0 saturated heterocycles. The number of ether oxygens (including phenoxy) is 3. The van der Waals surface area contributed by atoms with Crippen molar-refractivity contribution in [1.82, 2.24) is 10.2 Å². The van der Waals surface area contributed by atoms with Crippen molar-refractivity contribution in [2.45, 2.75) is 65.8 Å². The number of aromatic nitrogens is 2. The normalized spacial score (nSPS) is 12.5. The molecule has 0 aliphatic carbocycles. The number of nitrogens with zero attached hydrogens (tertiary/aromatic N) is 3. The Morgan fingerprint density at radius 3 is 2.00 bits per heavy atom. The first-order chi connectivity index (χ1) is 16.4. The second-order valence-electron chi connectivity index (χ2n) is 9.54. The first-order valence-corrected chi connectivity index (χ1v) is 11.3. The third-order valence-electron chi connectivity index (χ3n) is 4.11. The highest BCUT2D eigenvalue weighted by atomic mass is 35.5. The lowest BCUT2D eigenvalue weighted by Crippen LogP contribution is -2.44. The molecule has 0 radical (unpaired) electrons. The van der Waals surface area contributed by atoms with E-state index in [4.69, 9.17) is 37.4 Å². The van der Waals surface area contributed by atoms with Crippen LogP contribution in [0.4, 0.5) is 19.8 Å². The van der Waals surface area contributed by atoms with Crippen molar-refractivity contribution in [3.8, 4) is 5.75 Å². The van der Waals surface area contributed by atoms with Gasteiger partial charge in [-0.1, -0.05) is 23.2 Å². The van der Waals surface area contributed by atoms with Gasteiger partial charge in [-0.05, 0) is 60.6 Å². The van der Waals surface area contributed by atoms with Crippen LogP contribution in [0.15, 0.2) is 18.2 Å². The molecule has 13 heteroatoms. The first kappa shape index (κ1) is 29.1. The van der Waals surface area contributed by atoms with Gasteiger partial charge in [0.05, 0.1) is 5.02 Å². The maximum atomic E-state index is 14.1. The smallest absolute Gasteiger partial charge is 0.425 e. The van der Waals surface area contributed by atoms with Crippen molar-refractivity contribution in [2.24, 2.45) is 0 Å². The molecule has 10 nitrogen and oxygen atoms in total. The Morgan fingerprint density at radius 2 is 1.53 bits per heavy atom. The van der Waals surface area contributed by atoms with Crippen LogP contribution in [0, 0.1) is 5.82 Å². The fourth-order valence-corrected chi connectivity index (χ4v) is 3.42. The molecule has 1 atom stereocenters. The van der Waals surface area contributed by atoms with Crippen molar-refractivity contribution in [2.75, 3.05) is 4.90 Å². The fourth-order valence-electron chi connectivity index (χ4n) is 2.74. The first-order valence-electron chi connectivity index (χ1n) is 10.6. The minimum Gasteiger partial charge on any atom is -0.482 e. The summed E-state index contributed by atoms with van der Waals surface area (Å²) in [7, 11) is 0. The average Bonchev–Trinajstić information content (AvgIpc) is 2.69. The van der Waals surface area contributed by atoms with Crippen LogP contribution < -0.4 is 9.64 Å². The maximum Gasteiger partial charge on any atom is 0.425 e. The van der Waals surface area contributed by atoms with E-state index in [1.165, 1.54) is 13.0 Å². The molecule has 1 aromatic heterocycles. The number of hydrogen-bond donors (Lipinski definition) is 1. The van der Waals surface area contributed by atoms with Gasteiger partial charge in [-0.25, -0.2) is 18.8 Å². The predicted molar refractivity (Wildman–Crippen MR) is 129 cm³/mol. The number of rotatable bonds is 5. The molecule has 0 unspecified atom stereocenters. The zero-order valence-electron chi connectivity index (χ0n) is 20.7. The summed E-state index contributed by atoms with van der Waals surface area (Å²) in [5.41, 5.74) is -2.57. The minimum absolute atomic E-state index is 0.0408. The van der Waals surface area contributed by atoms with Crippen LogP contribution in [0.3, 0.4) is 0 Å². The van der Waals surface area contributed by atoms with Crippen molar-refractivity contribution in [3.05, 3.63) is 45.3 Å². The second-order valence-corrected chi connectivity index (χ2v) is 10.3. The highest BCUT2D eigenvalue weighted by Crippen LogP contribution is 2.38. The van der Waals surface area contributed by atoms with E-state index in [1.54, 1.807) is 41.5 Å². The average molecular weight is 546 g/mol. The molecule has 1 aromatic carbocycles. The fraction of sp³-hybridized carbons (Fsp3) is 0.435. The third kappa shape index (κ3) is 7.41. The molecule has 1 N–H and O–H groups in total. The van der Waals surface area contributed by atoms with Crippen LogP contribution in [0.2, 0.25) is 10.0 Å². The molecule has 0 spiro atoms. The SMILES string of the molecule is C[C@@H](Oc1cc(C(=O)O)nnc1N(C(=O)OC(C)(C)C)C(=O)OC(C)(C)C)c1c(Cl)ccc(F)c1Cl. The molecule has 0 fully saturated rings. The predicted octanol–water partition coefficient (Wildman–Crippen LogP) is 6.44. The van der Waals surface area contributed by atoms with Crippen LogP contribution in [0.25, 0.3) is 0 Å². The molecule has 1 heterocycles. The summed E-state index contributed by atoms with van der Waals surface area (Å²) in [5.74, 6) is -3.15. The molecular formula is C23H26Cl2FN3O7. The quantitative estimate of drug-likeness (QED) is 0.422. The molecule has 0 aliphatic rings. The van der Waals surface area contributed by atoms with Gasteiger partial charge >= 0.3 is 18.2 Å². The van der Waals surface area contributed by atoms with E-state index in [-0.39, 0.29) is 21.4 Å². The number of hydrogen-bond acceptors (Lipinski definition) is 8. The summed E-state index contributed by atoms with van der Waals surface area (Å²) in [5, 5.41) is 16.4. The van der Waals surface area contributed by atoms with Crippen LogP contribution in [-0.2, 0) is 9.47 Å². The number of carbonyl (C=O) groups is 3. The lowest BCUT2D eigenvalue weighted by molar-refractivity contribution is 0.0425. The molecule has 0 saturated carbocycles. The molecule has 36 heavy (non-hydrogen) atoms. The van der Waals surface area contributed by atoms with Gasteiger partial charge in [0.1, 0.15) is 23.1 Å². The number of anilines is 1. The highest BCUT2D eigenvalue weighted by Gasteiger charge is 2.37. The highest BCUT2D eigenvalue weighted by molar-refractivity contribution is 6.36. The number of aromatic carboxylic acids is 1. The van der Waals surface area contributed by atoms with E-state index in [9.17, 15) is 23.9 Å². The molecule has 196 valence electrons. The molecule has 2 rings (SSSR count). The lowest BCUT2D eigenvalue weighted by atomic mass is 10.1. The van der Waals surface area contributed by atoms with Crippen molar-refractivity contribution in [3.63, 3.8) is 0 Å². The van der Waals surface area contributed by atoms with Gasteiger partial charge < -0.3 is 19.3 Å². The van der Waals surface area contributed by atoms with E-state index in [0.29, 0.717) is 4.90 Å². The van der Waals surface area contributed by atoms with Crippen molar-refractivity contribution >= 4 is 47.2 Å². The van der Waals surface area contributed by atoms with Gasteiger partial charge in [0.15, 0.2) is 11.4 Å². The van der Waals surface area contributed by atoms with Gasteiger partial charge in [0.2, 0.25) is 5.82 Å². The van der Waals surface area contributed by atoms with Gasteiger partial charge in [0, 0.05) is 16.7 Å². The second kappa shape index (κ2) is 10.8. The summed E-state index contributed by atoms with van der Waals surface area (Å²) < 4.78 is 30.5. The Labute approximate surface area is 217 Å². The summed E-state index contributed by atoms with van der Waals surface area (Å²) in [6.07, 6.45) is -3.47. The topological polar surface area (TPSA) is 128 Å². The van der Waals surface area contributed by atoms with E-state index in [1.807, 2.05) is 0 Å². The molecule has 0 bridgehead atoms. The number of amides is 2. The Kier molecular flexibility index (Phi) is 8.74. The van der Waals surface area contributed by atoms with E-state index in [2.05, 4.69) is 10.2 Å². The van der Waals surface area contributed by atoms with Crippen molar-refractivity contribution < 1.29 is 38.1 Å². The minimum atomic E-state index is -1.46. The molecule has 0 aliphatic heterocycles.